The average molecular weight is 367 g/mol. The van der Waals surface area contributed by atoms with Crippen molar-refractivity contribution >= 4 is 11.7 Å². The first-order valence-corrected chi connectivity index (χ1v) is 9.61. The van der Waals surface area contributed by atoms with Crippen molar-refractivity contribution in [1.82, 2.24) is 20.6 Å². The number of carbonyl (C=O) groups excluding carboxylic acids is 1. The number of aromatic amines is 1. The van der Waals surface area contributed by atoms with Gasteiger partial charge in [0.2, 0.25) is 5.91 Å². The van der Waals surface area contributed by atoms with Crippen LogP contribution in [0.5, 0.6) is 0 Å². The lowest BCUT2D eigenvalue weighted by atomic mass is 10.0. The lowest BCUT2D eigenvalue weighted by Gasteiger charge is -2.35. The molecule has 3 N–H and O–H groups in total. The van der Waals surface area contributed by atoms with Crippen molar-refractivity contribution < 1.29 is 4.79 Å². The van der Waals surface area contributed by atoms with Gasteiger partial charge in [0.15, 0.2) is 5.82 Å². The van der Waals surface area contributed by atoms with E-state index < -0.39 is 6.04 Å². The van der Waals surface area contributed by atoms with Crippen LogP contribution >= 0.6 is 0 Å². The van der Waals surface area contributed by atoms with E-state index in [4.69, 9.17) is 0 Å². The van der Waals surface area contributed by atoms with E-state index >= 15 is 0 Å². The molecule has 0 bridgehead atoms. The summed E-state index contributed by atoms with van der Waals surface area (Å²) in [5.74, 6) is 0.471. The Bertz CT molecular complexity index is 834. The highest BCUT2D eigenvalue weighted by atomic mass is 16.2. The van der Waals surface area contributed by atoms with Crippen LogP contribution in [-0.4, -0.2) is 41.0 Å². The van der Waals surface area contributed by atoms with Crippen LogP contribution in [-0.2, 0) is 4.79 Å². The molecule has 2 aromatic rings. The third-order valence-corrected chi connectivity index (χ3v) is 5.13. The van der Waals surface area contributed by atoms with Crippen LogP contribution in [0.3, 0.4) is 0 Å². The van der Waals surface area contributed by atoms with E-state index in [0.717, 1.165) is 37.8 Å². The second-order valence-corrected chi connectivity index (χ2v) is 7.32. The Morgan fingerprint density at radius 1 is 1.19 bits per heavy atom. The van der Waals surface area contributed by atoms with Crippen LogP contribution in [0.15, 0.2) is 47.5 Å². The Kier molecular flexibility index (Phi) is 5.20. The number of benzene rings is 1. The topological polar surface area (TPSA) is 90.1 Å². The number of nitrogens with zero attached hydrogens (tertiary/aromatic N) is 2. The number of carbonyl (C=O) groups is 1. The Labute approximate surface area is 158 Å². The van der Waals surface area contributed by atoms with Crippen LogP contribution in [0.25, 0.3) is 0 Å². The molecule has 7 nitrogen and oxygen atoms in total. The van der Waals surface area contributed by atoms with Crippen molar-refractivity contribution in [2.75, 3.05) is 18.0 Å². The number of H-pyrrole nitrogens is 1. The molecular weight excluding hydrogens is 342 g/mol. The summed E-state index contributed by atoms with van der Waals surface area (Å²) >= 11 is 0. The van der Waals surface area contributed by atoms with Gasteiger partial charge in [-0.05, 0) is 31.2 Å². The van der Waals surface area contributed by atoms with Crippen molar-refractivity contribution in [3.05, 3.63) is 58.6 Å². The second kappa shape index (κ2) is 7.92. The number of piperidine rings is 1. The first-order chi connectivity index (χ1) is 13.2. The molecule has 1 amide bonds. The lowest BCUT2D eigenvalue weighted by Crippen LogP contribution is -2.51. The molecule has 1 aromatic carbocycles. The van der Waals surface area contributed by atoms with Gasteiger partial charge in [-0.15, -0.1) is 0 Å². The standard InChI is InChI=1S/C20H25N5O2/c26-19(24-15-8-9-15)17(14-5-2-1-3-6-14)23-16-7-4-12-25(13-16)18-20(27)22-11-10-21-18/h1-3,5-6,10-11,15-17,23H,4,7-9,12-13H2,(H,22,27)(H,24,26). The lowest BCUT2D eigenvalue weighted by molar-refractivity contribution is -0.123. The highest BCUT2D eigenvalue weighted by Gasteiger charge is 2.31. The van der Waals surface area contributed by atoms with Crippen LogP contribution in [0.4, 0.5) is 5.82 Å². The average Bonchev–Trinajstić information content (AvgIpc) is 3.51. The Morgan fingerprint density at radius 2 is 2.00 bits per heavy atom. The zero-order chi connectivity index (χ0) is 18.6. The molecule has 2 atom stereocenters. The number of rotatable bonds is 6. The summed E-state index contributed by atoms with van der Waals surface area (Å²) < 4.78 is 0. The summed E-state index contributed by atoms with van der Waals surface area (Å²) in [6.07, 6.45) is 7.17. The molecule has 7 heteroatoms. The number of aromatic nitrogens is 2. The van der Waals surface area contributed by atoms with Gasteiger partial charge in [0.1, 0.15) is 6.04 Å². The summed E-state index contributed by atoms with van der Waals surface area (Å²) in [5.41, 5.74) is 0.785. The molecule has 2 fully saturated rings. The number of amides is 1. The molecule has 1 saturated carbocycles. The van der Waals surface area contributed by atoms with Crippen molar-refractivity contribution in [2.24, 2.45) is 0 Å². The molecule has 4 rings (SSSR count). The number of hydrogen-bond donors (Lipinski definition) is 3. The fourth-order valence-corrected chi connectivity index (χ4v) is 3.59. The fourth-order valence-electron chi connectivity index (χ4n) is 3.59. The number of anilines is 1. The molecule has 2 heterocycles. The fraction of sp³-hybridized carbons (Fsp3) is 0.450. The Balaban J connectivity index is 1.49. The molecule has 27 heavy (non-hydrogen) atoms. The minimum absolute atomic E-state index is 0.0245. The molecular formula is C20H25N5O2. The predicted octanol–water partition coefficient (Wildman–Crippen LogP) is 1.35. The molecule has 1 aromatic heterocycles. The third-order valence-electron chi connectivity index (χ3n) is 5.13. The summed E-state index contributed by atoms with van der Waals surface area (Å²) in [6.45, 7) is 1.45. The van der Waals surface area contributed by atoms with Crippen LogP contribution < -0.4 is 21.1 Å². The van der Waals surface area contributed by atoms with Crippen LogP contribution in [0, 0.1) is 0 Å². The van der Waals surface area contributed by atoms with Crippen molar-refractivity contribution in [3.8, 4) is 0 Å². The minimum atomic E-state index is -0.390. The molecule has 1 aliphatic carbocycles. The zero-order valence-electron chi connectivity index (χ0n) is 15.2. The van der Waals surface area contributed by atoms with E-state index in [1.165, 1.54) is 0 Å². The van der Waals surface area contributed by atoms with Gasteiger partial charge in [-0.1, -0.05) is 30.3 Å². The van der Waals surface area contributed by atoms with Gasteiger partial charge in [-0.2, -0.15) is 0 Å². The zero-order valence-corrected chi connectivity index (χ0v) is 15.2. The monoisotopic (exact) mass is 367 g/mol. The number of hydrogen-bond acceptors (Lipinski definition) is 5. The normalized spacial score (nSPS) is 20.9. The van der Waals surface area contributed by atoms with E-state index in [0.29, 0.717) is 18.4 Å². The van der Waals surface area contributed by atoms with E-state index in [1.807, 2.05) is 35.2 Å². The molecule has 2 unspecified atom stereocenters. The predicted molar refractivity (Wildman–Crippen MR) is 104 cm³/mol. The highest BCUT2D eigenvalue weighted by molar-refractivity contribution is 5.83. The van der Waals surface area contributed by atoms with Gasteiger partial charge >= 0.3 is 0 Å². The first kappa shape index (κ1) is 17.7. The van der Waals surface area contributed by atoms with E-state index in [2.05, 4.69) is 20.6 Å². The minimum Gasteiger partial charge on any atom is -0.352 e. The van der Waals surface area contributed by atoms with Gasteiger partial charge in [-0.3, -0.25) is 14.9 Å². The van der Waals surface area contributed by atoms with Crippen molar-refractivity contribution in [3.63, 3.8) is 0 Å². The smallest absolute Gasteiger partial charge is 0.290 e. The molecule has 0 radical (unpaired) electrons. The van der Waals surface area contributed by atoms with Gasteiger partial charge in [0, 0.05) is 37.6 Å². The molecule has 142 valence electrons. The van der Waals surface area contributed by atoms with E-state index in [1.54, 1.807) is 12.4 Å². The van der Waals surface area contributed by atoms with E-state index in [9.17, 15) is 9.59 Å². The van der Waals surface area contributed by atoms with Crippen molar-refractivity contribution in [2.45, 2.75) is 43.8 Å². The van der Waals surface area contributed by atoms with Crippen molar-refractivity contribution in [1.29, 1.82) is 0 Å². The summed E-state index contributed by atoms with van der Waals surface area (Å²) in [7, 11) is 0. The second-order valence-electron chi connectivity index (χ2n) is 7.32. The number of nitrogens with one attached hydrogen (secondary N) is 3. The summed E-state index contributed by atoms with van der Waals surface area (Å²) in [5, 5.41) is 6.64. The first-order valence-electron chi connectivity index (χ1n) is 9.61. The molecule has 0 spiro atoms. The maximum Gasteiger partial charge on any atom is 0.290 e. The maximum absolute atomic E-state index is 12.8. The Hall–Kier alpha value is -2.67. The maximum atomic E-state index is 12.8. The Morgan fingerprint density at radius 3 is 2.74 bits per heavy atom. The highest BCUT2D eigenvalue weighted by Crippen LogP contribution is 2.23. The van der Waals surface area contributed by atoms with Crippen LogP contribution in [0.2, 0.25) is 0 Å². The largest absolute Gasteiger partial charge is 0.352 e. The van der Waals surface area contributed by atoms with Gasteiger partial charge in [-0.25, -0.2) is 4.98 Å². The van der Waals surface area contributed by atoms with Gasteiger partial charge in [0.05, 0.1) is 0 Å². The SMILES string of the molecule is O=C(NC1CC1)C(NC1CCCN(c2ncc[nH]c2=O)C1)c1ccccc1. The summed E-state index contributed by atoms with van der Waals surface area (Å²) in [4.78, 5) is 33.8. The molecule has 2 aliphatic rings. The van der Waals surface area contributed by atoms with Gasteiger partial charge < -0.3 is 15.2 Å². The molecule has 1 aliphatic heterocycles. The van der Waals surface area contributed by atoms with Crippen LogP contribution in [0.1, 0.15) is 37.3 Å². The van der Waals surface area contributed by atoms with Gasteiger partial charge in [0.25, 0.3) is 5.56 Å². The third kappa shape index (κ3) is 4.36. The van der Waals surface area contributed by atoms with E-state index in [-0.39, 0.29) is 17.5 Å². The summed E-state index contributed by atoms with van der Waals surface area (Å²) in [6, 6.07) is 9.86. The molecule has 1 saturated heterocycles. The quantitative estimate of drug-likeness (QED) is 0.717.